The van der Waals surface area contributed by atoms with E-state index in [-0.39, 0.29) is 36.9 Å². The fraction of sp³-hybridized carbons (Fsp3) is 0.630. The van der Waals surface area contributed by atoms with Crippen LogP contribution in [0.15, 0.2) is 30.3 Å². The van der Waals surface area contributed by atoms with Gasteiger partial charge in [-0.2, -0.15) is 0 Å². The van der Waals surface area contributed by atoms with Crippen LogP contribution in [0.4, 0.5) is 4.79 Å². The Balaban J connectivity index is 1.15. The van der Waals surface area contributed by atoms with E-state index in [0.717, 1.165) is 49.8 Å². The Kier molecular flexibility index (Phi) is 7.16. The third kappa shape index (κ3) is 4.92. The maximum atomic E-state index is 13.4. The van der Waals surface area contributed by atoms with Crippen LogP contribution < -0.4 is 10.1 Å². The van der Waals surface area contributed by atoms with E-state index in [1.54, 1.807) is 0 Å². The third-order valence-electron chi connectivity index (χ3n) is 8.41. The molecule has 1 spiro atoms. The molecule has 1 saturated carbocycles. The van der Waals surface area contributed by atoms with E-state index in [2.05, 4.69) is 5.32 Å². The summed E-state index contributed by atoms with van der Waals surface area (Å²) in [7, 11) is 0. The molecule has 4 aliphatic rings. The molecular weight excluding hydrogens is 460 g/mol. The van der Waals surface area contributed by atoms with Gasteiger partial charge in [-0.15, -0.1) is 0 Å². The zero-order chi connectivity index (χ0) is 25.1. The molecule has 1 aromatic carbocycles. The van der Waals surface area contributed by atoms with Gasteiger partial charge < -0.3 is 19.9 Å². The monoisotopic (exact) mass is 496 g/mol. The molecule has 5 amide bonds. The second-order valence-corrected chi connectivity index (χ2v) is 10.6. The number of nitrogens with one attached hydrogen (secondary N) is 1. The minimum absolute atomic E-state index is 0.0201. The van der Waals surface area contributed by atoms with Crippen molar-refractivity contribution < 1.29 is 23.9 Å². The number of carbonyl (C=O) groups is 4. The number of likely N-dealkylation sites (tertiary alicyclic amines) is 2. The minimum Gasteiger partial charge on any atom is -0.484 e. The van der Waals surface area contributed by atoms with E-state index in [9.17, 15) is 19.2 Å². The van der Waals surface area contributed by atoms with Gasteiger partial charge in [0.1, 0.15) is 17.8 Å². The molecular formula is C27H36N4O5. The van der Waals surface area contributed by atoms with Crippen LogP contribution in [0.25, 0.3) is 0 Å². The second-order valence-electron chi connectivity index (χ2n) is 10.6. The van der Waals surface area contributed by atoms with Crippen LogP contribution in [0.3, 0.4) is 0 Å². The Morgan fingerprint density at radius 3 is 2.36 bits per heavy atom. The Morgan fingerprint density at radius 2 is 1.64 bits per heavy atom. The highest BCUT2D eigenvalue weighted by Gasteiger charge is 2.53. The van der Waals surface area contributed by atoms with Gasteiger partial charge in [-0.3, -0.25) is 19.3 Å². The second kappa shape index (κ2) is 10.5. The van der Waals surface area contributed by atoms with Crippen molar-refractivity contribution in [1.82, 2.24) is 20.0 Å². The van der Waals surface area contributed by atoms with Crippen molar-refractivity contribution in [2.75, 3.05) is 32.8 Å². The highest BCUT2D eigenvalue weighted by molar-refractivity contribution is 6.09. The highest BCUT2D eigenvalue weighted by atomic mass is 16.5. The predicted octanol–water partition coefficient (Wildman–Crippen LogP) is 2.55. The van der Waals surface area contributed by atoms with Crippen LogP contribution in [0.5, 0.6) is 5.75 Å². The first-order chi connectivity index (χ1) is 17.5. The Labute approximate surface area is 212 Å². The molecule has 0 aromatic heterocycles. The van der Waals surface area contributed by atoms with Gasteiger partial charge in [0.05, 0.1) is 0 Å². The lowest BCUT2D eigenvalue weighted by Gasteiger charge is -2.44. The smallest absolute Gasteiger partial charge is 0.325 e. The van der Waals surface area contributed by atoms with Crippen molar-refractivity contribution >= 4 is 23.8 Å². The number of hydrogen-bond acceptors (Lipinski definition) is 5. The summed E-state index contributed by atoms with van der Waals surface area (Å²) in [4.78, 5) is 56.5. The molecule has 9 nitrogen and oxygen atoms in total. The van der Waals surface area contributed by atoms with Crippen molar-refractivity contribution in [2.24, 2.45) is 5.92 Å². The molecule has 4 fully saturated rings. The molecule has 36 heavy (non-hydrogen) atoms. The summed E-state index contributed by atoms with van der Waals surface area (Å²) >= 11 is 0. The zero-order valence-electron chi connectivity index (χ0n) is 20.8. The first kappa shape index (κ1) is 24.6. The van der Waals surface area contributed by atoms with Gasteiger partial charge in [-0.05, 0) is 63.0 Å². The molecule has 0 bridgehead atoms. The fourth-order valence-corrected chi connectivity index (χ4v) is 6.41. The molecule has 1 unspecified atom stereocenters. The molecule has 1 atom stereocenters. The summed E-state index contributed by atoms with van der Waals surface area (Å²) < 4.78 is 5.62. The average molecular weight is 497 g/mol. The standard InChI is InChI=1S/C27H36N4O5/c32-23(18-31-25(34)27(28-26(31)35)13-5-6-14-27)30-15-7-4-10-22(30)20-11-16-29(17-12-20)24(33)19-36-21-8-2-1-3-9-21/h1-3,8-9,20,22H,4-7,10-19H2,(H,28,35). The molecule has 194 valence electrons. The molecule has 3 aliphatic heterocycles. The number of benzene rings is 1. The summed E-state index contributed by atoms with van der Waals surface area (Å²) in [6, 6.07) is 8.98. The number of carbonyl (C=O) groups excluding carboxylic acids is 4. The van der Waals surface area contributed by atoms with E-state index in [0.29, 0.717) is 44.1 Å². The SMILES string of the molecule is O=C(COc1ccccc1)N1CCC(C2CCCCN2C(=O)CN2C(=O)NC3(CCCC3)C2=O)CC1. The lowest BCUT2D eigenvalue weighted by molar-refractivity contribution is -0.143. The van der Waals surface area contributed by atoms with Crippen molar-refractivity contribution in [2.45, 2.75) is 69.4 Å². The van der Waals surface area contributed by atoms with Gasteiger partial charge in [0.2, 0.25) is 5.91 Å². The van der Waals surface area contributed by atoms with Crippen LogP contribution in [0.1, 0.15) is 57.8 Å². The molecule has 3 saturated heterocycles. The third-order valence-corrected chi connectivity index (χ3v) is 8.41. The summed E-state index contributed by atoms with van der Waals surface area (Å²) in [6.07, 6.45) is 7.72. The summed E-state index contributed by atoms with van der Waals surface area (Å²) in [5, 5.41) is 2.87. The zero-order valence-corrected chi connectivity index (χ0v) is 20.8. The van der Waals surface area contributed by atoms with E-state index in [1.165, 1.54) is 0 Å². The van der Waals surface area contributed by atoms with Gasteiger partial charge >= 0.3 is 6.03 Å². The van der Waals surface area contributed by atoms with Crippen molar-refractivity contribution in [3.05, 3.63) is 30.3 Å². The Bertz CT molecular complexity index is 985. The molecule has 1 N–H and O–H groups in total. The Hall–Kier alpha value is -3.10. The molecule has 0 radical (unpaired) electrons. The quantitative estimate of drug-likeness (QED) is 0.611. The maximum absolute atomic E-state index is 13.4. The first-order valence-corrected chi connectivity index (χ1v) is 13.4. The lowest BCUT2D eigenvalue weighted by Crippen LogP contribution is -2.54. The van der Waals surface area contributed by atoms with Crippen LogP contribution in [-0.2, 0) is 14.4 Å². The predicted molar refractivity (Wildman–Crippen MR) is 132 cm³/mol. The van der Waals surface area contributed by atoms with Crippen LogP contribution in [-0.4, -0.2) is 82.8 Å². The average Bonchev–Trinajstić information content (AvgIpc) is 3.48. The number of para-hydroxylation sites is 1. The summed E-state index contributed by atoms with van der Waals surface area (Å²) in [5.74, 6) is 0.580. The molecule has 3 heterocycles. The number of nitrogens with zero attached hydrogens (tertiary/aromatic N) is 3. The number of imide groups is 1. The van der Waals surface area contributed by atoms with Crippen LogP contribution in [0.2, 0.25) is 0 Å². The van der Waals surface area contributed by atoms with Gasteiger partial charge in [-0.25, -0.2) is 4.79 Å². The van der Waals surface area contributed by atoms with Crippen LogP contribution >= 0.6 is 0 Å². The minimum atomic E-state index is -0.789. The lowest BCUT2D eigenvalue weighted by atomic mass is 9.83. The van der Waals surface area contributed by atoms with Crippen molar-refractivity contribution in [1.29, 1.82) is 0 Å². The van der Waals surface area contributed by atoms with Gasteiger partial charge in [0.25, 0.3) is 11.8 Å². The van der Waals surface area contributed by atoms with Crippen LogP contribution in [0, 0.1) is 5.92 Å². The largest absolute Gasteiger partial charge is 0.484 e. The number of amides is 5. The summed E-state index contributed by atoms with van der Waals surface area (Å²) in [6.45, 7) is 1.79. The van der Waals surface area contributed by atoms with E-state index in [4.69, 9.17) is 4.74 Å². The number of rotatable bonds is 6. The Morgan fingerprint density at radius 1 is 0.917 bits per heavy atom. The number of piperidine rings is 2. The molecule has 9 heteroatoms. The number of ether oxygens (including phenoxy) is 1. The number of hydrogen-bond donors (Lipinski definition) is 1. The van der Waals surface area contributed by atoms with Gasteiger partial charge in [0, 0.05) is 25.7 Å². The normalized spacial score (nSPS) is 24.3. The fourth-order valence-electron chi connectivity index (χ4n) is 6.41. The van der Waals surface area contributed by atoms with E-state index >= 15 is 0 Å². The topological polar surface area (TPSA) is 99.3 Å². The van der Waals surface area contributed by atoms with E-state index in [1.807, 2.05) is 40.1 Å². The van der Waals surface area contributed by atoms with Gasteiger partial charge in [0.15, 0.2) is 6.61 Å². The number of urea groups is 1. The van der Waals surface area contributed by atoms with Crippen molar-refractivity contribution in [3.8, 4) is 5.75 Å². The first-order valence-electron chi connectivity index (χ1n) is 13.4. The molecule has 1 aromatic rings. The van der Waals surface area contributed by atoms with Crippen molar-refractivity contribution in [3.63, 3.8) is 0 Å². The molecule has 1 aliphatic carbocycles. The summed E-state index contributed by atoms with van der Waals surface area (Å²) in [5.41, 5.74) is -0.789. The highest BCUT2D eigenvalue weighted by Crippen LogP contribution is 2.36. The maximum Gasteiger partial charge on any atom is 0.325 e. The molecule has 5 rings (SSSR count). The van der Waals surface area contributed by atoms with E-state index < -0.39 is 11.6 Å². The van der Waals surface area contributed by atoms with Gasteiger partial charge in [-0.1, -0.05) is 31.0 Å².